The summed E-state index contributed by atoms with van der Waals surface area (Å²) in [6.07, 6.45) is 3.98. The van der Waals surface area contributed by atoms with E-state index in [1.807, 2.05) is 12.1 Å². The number of aromatic nitrogens is 2. The van der Waals surface area contributed by atoms with Crippen molar-refractivity contribution in [1.29, 1.82) is 0 Å². The van der Waals surface area contributed by atoms with Gasteiger partial charge in [0.15, 0.2) is 0 Å². The van der Waals surface area contributed by atoms with Crippen LogP contribution in [0.5, 0.6) is 0 Å². The van der Waals surface area contributed by atoms with Gasteiger partial charge in [0.05, 0.1) is 16.4 Å². The Kier molecular flexibility index (Phi) is 3.01. The van der Waals surface area contributed by atoms with E-state index in [4.69, 9.17) is 23.2 Å². The summed E-state index contributed by atoms with van der Waals surface area (Å²) in [7, 11) is 0. The van der Waals surface area contributed by atoms with E-state index in [1.165, 1.54) is 19.3 Å². The molecule has 0 aliphatic heterocycles. The lowest BCUT2D eigenvalue weighted by atomic mass is 10.2. The Morgan fingerprint density at radius 1 is 1.35 bits per heavy atom. The Hall–Kier alpha value is -0.730. The maximum atomic E-state index is 6.16. The number of fused-ring (bicyclic) bond motifs is 1. The quantitative estimate of drug-likeness (QED) is 0.759. The predicted octanol–water partition coefficient (Wildman–Crippen LogP) is 4.23. The molecule has 1 heterocycles. The summed E-state index contributed by atoms with van der Waals surface area (Å²) in [4.78, 5) is 4.53. The number of nitrogens with zero attached hydrogens (tertiary/aromatic N) is 2. The van der Waals surface area contributed by atoms with E-state index in [1.54, 1.807) is 0 Å². The highest BCUT2D eigenvalue weighted by atomic mass is 35.5. The molecule has 0 unspecified atom stereocenters. The SMILES string of the molecule is ClCc1nc2c(Cl)cccc2n1CCC1CC1. The molecule has 17 heavy (non-hydrogen) atoms. The number of halogens is 2. The summed E-state index contributed by atoms with van der Waals surface area (Å²) < 4.78 is 2.21. The van der Waals surface area contributed by atoms with Gasteiger partial charge >= 0.3 is 0 Å². The zero-order valence-corrected chi connectivity index (χ0v) is 11.0. The van der Waals surface area contributed by atoms with Crippen LogP contribution < -0.4 is 0 Å². The topological polar surface area (TPSA) is 17.8 Å². The van der Waals surface area contributed by atoms with Gasteiger partial charge in [-0.25, -0.2) is 4.98 Å². The molecule has 2 aromatic rings. The molecule has 1 fully saturated rings. The van der Waals surface area contributed by atoms with Crippen molar-refractivity contribution < 1.29 is 0 Å². The first-order chi connectivity index (χ1) is 8.29. The van der Waals surface area contributed by atoms with Crippen molar-refractivity contribution in [1.82, 2.24) is 9.55 Å². The van der Waals surface area contributed by atoms with Crippen molar-refractivity contribution in [3.63, 3.8) is 0 Å². The molecule has 0 N–H and O–H groups in total. The van der Waals surface area contributed by atoms with Gasteiger partial charge in [-0.2, -0.15) is 0 Å². The van der Waals surface area contributed by atoms with E-state index in [0.717, 1.165) is 29.3 Å². The van der Waals surface area contributed by atoms with Crippen molar-refractivity contribution in [2.45, 2.75) is 31.7 Å². The van der Waals surface area contributed by atoms with Crippen molar-refractivity contribution in [2.75, 3.05) is 0 Å². The molecule has 90 valence electrons. The maximum Gasteiger partial charge on any atom is 0.124 e. The fourth-order valence-electron chi connectivity index (χ4n) is 2.23. The van der Waals surface area contributed by atoms with Gasteiger partial charge in [-0.15, -0.1) is 11.6 Å². The molecule has 0 atom stereocenters. The van der Waals surface area contributed by atoms with E-state index in [-0.39, 0.29) is 0 Å². The smallest absolute Gasteiger partial charge is 0.124 e. The van der Waals surface area contributed by atoms with Crippen LogP contribution in [0.1, 0.15) is 25.1 Å². The average Bonchev–Trinajstić information content (AvgIpc) is 3.08. The standard InChI is InChI=1S/C13H14Cl2N2/c14-8-12-16-13-10(15)2-1-3-11(13)17(12)7-6-9-4-5-9/h1-3,9H,4-8H2. The summed E-state index contributed by atoms with van der Waals surface area (Å²) in [5.74, 6) is 2.28. The second-order valence-corrected chi connectivity index (χ2v) is 5.33. The Morgan fingerprint density at radius 2 is 2.18 bits per heavy atom. The van der Waals surface area contributed by atoms with Crippen LogP contribution in [0.25, 0.3) is 11.0 Å². The zero-order chi connectivity index (χ0) is 11.8. The Balaban J connectivity index is 2.02. The molecule has 4 heteroatoms. The van der Waals surface area contributed by atoms with Crippen LogP contribution >= 0.6 is 23.2 Å². The number of hydrogen-bond acceptors (Lipinski definition) is 1. The van der Waals surface area contributed by atoms with Crippen LogP contribution in [0.3, 0.4) is 0 Å². The summed E-state index contributed by atoms with van der Waals surface area (Å²) >= 11 is 12.1. The lowest BCUT2D eigenvalue weighted by Gasteiger charge is -2.06. The summed E-state index contributed by atoms with van der Waals surface area (Å²) in [5, 5.41) is 0.707. The van der Waals surface area contributed by atoms with Gasteiger partial charge in [0.1, 0.15) is 11.3 Å². The average molecular weight is 269 g/mol. The van der Waals surface area contributed by atoms with E-state index >= 15 is 0 Å². The molecular weight excluding hydrogens is 255 g/mol. The third kappa shape index (κ3) is 2.16. The molecule has 1 aromatic heterocycles. The zero-order valence-electron chi connectivity index (χ0n) is 9.50. The van der Waals surface area contributed by atoms with E-state index in [2.05, 4.69) is 15.6 Å². The van der Waals surface area contributed by atoms with Crippen molar-refractivity contribution in [3.05, 3.63) is 29.0 Å². The van der Waals surface area contributed by atoms with Crippen LogP contribution in [0.4, 0.5) is 0 Å². The van der Waals surface area contributed by atoms with Crippen LogP contribution in [0.15, 0.2) is 18.2 Å². The maximum absolute atomic E-state index is 6.16. The van der Waals surface area contributed by atoms with E-state index in [9.17, 15) is 0 Å². The summed E-state index contributed by atoms with van der Waals surface area (Å²) in [5.41, 5.74) is 1.98. The highest BCUT2D eigenvalue weighted by Crippen LogP contribution is 2.34. The second-order valence-electron chi connectivity index (χ2n) is 4.65. The minimum atomic E-state index is 0.440. The Morgan fingerprint density at radius 3 is 2.88 bits per heavy atom. The normalized spacial score (nSPS) is 15.6. The lowest BCUT2D eigenvalue weighted by molar-refractivity contribution is 0.594. The fourth-order valence-corrected chi connectivity index (χ4v) is 2.65. The number of hydrogen-bond donors (Lipinski definition) is 0. The van der Waals surface area contributed by atoms with E-state index < -0.39 is 0 Å². The molecule has 0 spiro atoms. The van der Waals surface area contributed by atoms with Gasteiger partial charge in [-0.05, 0) is 24.5 Å². The minimum absolute atomic E-state index is 0.440. The Labute approximate surface area is 111 Å². The van der Waals surface area contributed by atoms with Gasteiger partial charge in [-0.3, -0.25) is 0 Å². The van der Waals surface area contributed by atoms with Crippen LogP contribution in [0.2, 0.25) is 5.02 Å². The minimum Gasteiger partial charge on any atom is -0.327 e. The van der Waals surface area contributed by atoms with Crippen LogP contribution in [0, 0.1) is 5.92 Å². The Bertz CT molecular complexity index is 544. The molecule has 2 nitrogen and oxygen atoms in total. The number of imidazole rings is 1. The molecular formula is C13H14Cl2N2. The third-order valence-corrected chi connectivity index (χ3v) is 3.93. The number of para-hydroxylation sites is 1. The largest absolute Gasteiger partial charge is 0.327 e. The number of benzene rings is 1. The number of alkyl halides is 1. The molecule has 0 amide bonds. The first kappa shape index (κ1) is 11.4. The molecule has 0 saturated heterocycles. The third-order valence-electron chi connectivity index (χ3n) is 3.39. The number of aryl methyl sites for hydroxylation is 1. The van der Waals surface area contributed by atoms with Crippen LogP contribution in [-0.2, 0) is 12.4 Å². The number of rotatable bonds is 4. The molecule has 0 bridgehead atoms. The van der Waals surface area contributed by atoms with Gasteiger partial charge in [0.2, 0.25) is 0 Å². The van der Waals surface area contributed by atoms with Gasteiger partial charge in [-0.1, -0.05) is 30.5 Å². The molecule has 3 rings (SSSR count). The van der Waals surface area contributed by atoms with Gasteiger partial charge in [0.25, 0.3) is 0 Å². The predicted molar refractivity (Wildman–Crippen MR) is 71.6 cm³/mol. The van der Waals surface area contributed by atoms with Crippen LogP contribution in [-0.4, -0.2) is 9.55 Å². The summed E-state index contributed by atoms with van der Waals surface area (Å²) in [6, 6.07) is 5.91. The highest BCUT2D eigenvalue weighted by Gasteiger charge is 2.22. The monoisotopic (exact) mass is 268 g/mol. The van der Waals surface area contributed by atoms with Crippen molar-refractivity contribution >= 4 is 34.2 Å². The molecule has 1 saturated carbocycles. The second kappa shape index (κ2) is 4.51. The first-order valence-corrected chi connectivity index (χ1v) is 6.90. The van der Waals surface area contributed by atoms with Gasteiger partial charge in [0, 0.05) is 6.54 Å². The molecule has 1 aliphatic carbocycles. The lowest BCUT2D eigenvalue weighted by Crippen LogP contribution is -2.03. The highest BCUT2D eigenvalue weighted by molar-refractivity contribution is 6.34. The van der Waals surface area contributed by atoms with Crippen molar-refractivity contribution in [3.8, 4) is 0 Å². The molecule has 1 aromatic carbocycles. The first-order valence-electron chi connectivity index (χ1n) is 5.99. The van der Waals surface area contributed by atoms with Crippen molar-refractivity contribution in [2.24, 2.45) is 5.92 Å². The molecule has 0 radical (unpaired) electrons. The fraction of sp³-hybridized carbons (Fsp3) is 0.462. The van der Waals surface area contributed by atoms with Gasteiger partial charge < -0.3 is 4.57 Å². The van der Waals surface area contributed by atoms with E-state index in [0.29, 0.717) is 10.9 Å². The summed E-state index contributed by atoms with van der Waals surface area (Å²) in [6.45, 7) is 1.00. The molecule has 1 aliphatic rings.